The van der Waals surface area contributed by atoms with Crippen molar-refractivity contribution < 1.29 is 18.6 Å². The number of allylic oxidation sites excluding steroid dienone is 6. The lowest BCUT2D eigenvalue weighted by atomic mass is 9.92. The molecule has 0 aliphatic heterocycles. The van der Waals surface area contributed by atoms with Gasteiger partial charge >= 0.3 is 0 Å². The Morgan fingerprint density at radius 3 is 2.91 bits per heavy atom. The van der Waals surface area contributed by atoms with Crippen LogP contribution in [0, 0.1) is 5.41 Å². The van der Waals surface area contributed by atoms with Crippen molar-refractivity contribution in [2.24, 2.45) is 0 Å². The second-order valence-corrected chi connectivity index (χ2v) is 7.67. The number of aliphatic hydroxyl groups is 1. The largest absolute Gasteiger partial charge is 0.472 e. The minimum absolute atomic E-state index is 0.0242. The first-order valence-corrected chi connectivity index (χ1v) is 10.5. The summed E-state index contributed by atoms with van der Waals surface area (Å²) < 4.78 is 31.5. The monoisotopic (exact) mass is 455 g/mol. The van der Waals surface area contributed by atoms with Gasteiger partial charge in [-0.05, 0) is 49.1 Å². The van der Waals surface area contributed by atoms with Crippen molar-refractivity contribution >= 4 is 28.0 Å². The topological polar surface area (TPSA) is 113 Å². The molecule has 4 rings (SSSR count). The number of aliphatic hydroxyl groups excluding tert-OH is 1. The quantitative estimate of drug-likeness (QED) is 0.617. The lowest BCUT2D eigenvalue weighted by Gasteiger charge is -2.20. The molecule has 172 valence electrons. The standard InChI is InChI=1S/C23H23F2N5O3/c1-27-11-14-10-15(4-7-17(14)26)30-23(32)21(13-2-5-16(31)6-3-13)22-18(29-30)8-9-20(28-22)33-12-19(24)25/h2,4,7-11,16,19,26-27,31H,3,5-6,12H2,1H3/b14-11-,26-17?. The van der Waals surface area contributed by atoms with Gasteiger partial charge in [0.1, 0.15) is 11.0 Å². The van der Waals surface area contributed by atoms with Crippen LogP contribution in [0.4, 0.5) is 8.78 Å². The highest BCUT2D eigenvalue weighted by atomic mass is 19.3. The SMILES string of the molecule is CN/C=C1/C=C(n2nc3ccc(OCC(F)F)nc3c(C3=CCC(O)CC3)c2=O)C=CC1=N. The molecule has 2 aromatic heterocycles. The number of halogens is 2. The zero-order chi connectivity index (χ0) is 23.5. The third-order valence-electron chi connectivity index (χ3n) is 5.34. The van der Waals surface area contributed by atoms with Crippen molar-refractivity contribution in [1.82, 2.24) is 20.1 Å². The van der Waals surface area contributed by atoms with Crippen LogP contribution in [-0.4, -0.2) is 51.8 Å². The van der Waals surface area contributed by atoms with Gasteiger partial charge in [-0.1, -0.05) is 6.08 Å². The Balaban J connectivity index is 1.91. The van der Waals surface area contributed by atoms with Gasteiger partial charge in [0.05, 0.1) is 23.1 Å². The molecule has 2 aliphatic rings. The Kier molecular flexibility index (Phi) is 6.45. The number of hydrogen-bond acceptors (Lipinski definition) is 7. The Morgan fingerprint density at radius 1 is 1.39 bits per heavy atom. The molecule has 10 heteroatoms. The highest BCUT2D eigenvalue weighted by Crippen LogP contribution is 2.30. The van der Waals surface area contributed by atoms with Crippen LogP contribution < -0.4 is 15.6 Å². The van der Waals surface area contributed by atoms with E-state index in [0.29, 0.717) is 47.2 Å². The number of fused-ring (bicyclic) bond motifs is 1. The van der Waals surface area contributed by atoms with E-state index in [9.17, 15) is 18.7 Å². The summed E-state index contributed by atoms with van der Waals surface area (Å²) in [7, 11) is 1.72. The maximum absolute atomic E-state index is 13.6. The Morgan fingerprint density at radius 2 is 2.21 bits per heavy atom. The Labute approximate surface area is 188 Å². The first-order valence-electron chi connectivity index (χ1n) is 10.5. The summed E-state index contributed by atoms with van der Waals surface area (Å²) in [6, 6.07) is 3.00. The second-order valence-electron chi connectivity index (χ2n) is 7.67. The van der Waals surface area contributed by atoms with Gasteiger partial charge in [0.25, 0.3) is 12.0 Å². The molecule has 0 saturated carbocycles. The number of aromatic nitrogens is 3. The van der Waals surface area contributed by atoms with Crippen molar-refractivity contribution in [1.29, 1.82) is 5.41 Å². The highest BCUT2D eigenvalue weighted by Gasteiger charge is 2.23. The summed E-state index contributed by atoms with van der Waals surface area (Å²) in [5.74, 6) is -0.0242. The molecule has 0 radical (unpaired) electrons. The number of nitrogens with zero attached hydrogens (tertiary/aromatic N) is 3. The maximum Gasteiger partial charge on any atom is 0.281 e. The van der Waals surface area contributed by atoms with Gasteiger partial charge in [0, 0.05) is 24.9 Å². The first-order chi connectivity index (χ1) is 15.9. The third kappa shape index (κ3) is 4.75. The van der Waals surface area contributed by atoms with Crippen molar-refractivity contribution in [3.63, 3.8) is 0 Å². The molecule has 0 fully saturated rings. The van der Waals surface area contributed by atoms with Gasteiger partial charge in [0.15, 0.2) is 6.61 Å². The molecule has 3 N–H and O–H groups in total. The Bertz CT molecular complexity index is 1280. The first kappa shape index (κ1) is 22.5. The van der Waals surface area contributed by atoms with Gasteiger partial charge in [-0.3, -0.25) is 4.79 Å². The summed E-state index contributed by atoms with van der Waals surface area (Å²) in [4.78, 5) is 17.9. The summed E-state index contributed by atoms with van der Waals surface area (Å²) >= 11 is 0. The fourth-order valence-electron chi connectivity index (χ4n) is 3.76. The smallest absolute Gasteiger partial charge is 0.281 e. The van der Waals surface area contributed by atoms with Crippen LogP contribution in [0.2, 0.25) is 0 Å². The average molecular weight is 455 g/mol. The molecule has 2 heterocycles. The van der Waals surface area contributed by atoms with Crippen LogP contribution in [0.25, 0.3) is 22.3 Å². The van der Waals surface area contributed by atoms with E-state index in [1.54, 1.807) is 43.6 Å². The molecule has 33 heavy (non-hydrogen) atoms. The van der Waals surface area contributed by atoms with E-state index in [1.807, 2.05) is 0 Å². The molecular formula is C23H23F2N5O3. The van der Waals surface area contributed by atoms with Crippen molar-refractivity contribution in [3.05, 3.63) is 64.1 Å². The van der Waals surface area contributed by atoms with E-state index in [-0.39, 0.29) is 17.1 Å². The highest BCUT2D eigenvalue weighted by molar-refractivity contribution is 6.11. The summed E-state index contributed by atoms with van der Waals surface area (Å²) in [6.45, 7) is -0.808. The van der Waals surface area contributed by atoms with E-state index >= 15 is 0 Å². The van der Waals surface area contributed by atoms with Crippen molar-refractivity contribution in [2.45, 2.75) is 31.8 Å². The van der Waals surface area contributed by atoms with Crippen LogP contribution in [0.1, 0.15) is 24.8 Å². The van der Waals surface area contributed by atoms with Crippen molar-refractivity contribution in [3.8, 4) is 5.88 Å². The second kappa shape index (κ2) is 9.45. The zero-order valence-corrected chi connectivity index (χ0v) is 17.9. The molecule has 1 atom stereocenters. The molecular weight excluding hydrogens is 432 g/mol. The van der Waals surface area contributed by atoms with Gasteiger partial charge in [-0.15, -0.1) is 0 Å². The molecule has 0 spiro atoms. The Hall–Kier alpha value is -3.66. The van der Waals surface area contributed by atoms with Crippen LogP contribution in [-0.2, 0) is 0 Å². The number of alkyl halides is 2. The van der Waals surface area contributed by atoms with Gasteiger partial charge in [-0.25, -0.2) is 13.8 Å². The molecule has 1 unspecified atom stereocenters. The zero-order valence-electron chi connectivity index (χ0n) is 17.9. The number of rotatable bonds is 6. The number of nitrogens with one attached hydrogen (secondary N) is 2. The lowest BCUT2D eigenvalue weighted by molar-refractivity contribution is 0.0797. The van der Waals surface area contributed by atoms with E-state index in [4.69, 9.17) is 10.1 Å². The number of ether oxygens (including phenoxy) is 1. The third-order valence-corrected chi connectivity index (χ3v) is 5.34. The van der Waals surface area contributed by atoms with E-state index < -0.39 is 24.7 Å². The molecule has 0 amide bonds. The van der Waals surface area contributed by atoms with E-state index in [0.717, 1.165) is 0 Å². The number of hydrogen-bond donors (Lipinski definition) is 3. The van der Waals surface area contributed by atoms with Gasteiger partial charge < -0.3 is 20.6 Å². The molecule has 8 nitrogen and oxygen atoms in total. The molecule has 2 aromatic rings. The van der Waals surface area contributed by atoms with E-state index in [1.165, 1.54) is 10.7 Å². The summed E-state index contributed by atoms with van der Waals surface area (Å²) in [6.07, 6.45) is 6.55. The van der Waals surface area contributed by atoms with Crippen LogP contribution in [0.5, 0.6) is 5.88 Å². The normalized spacial score (nSPS) is 19.7. The lowest BCUT2D eigenvalue weighted by Crippen LogP contribution is -2.27. The predicted molar refractivity (Wildman–Crippen MR) is 121 cm³/mol. The van der Waals surface area contributed by atoms with Crippen LogP contribution in [0.15, 0.2) is 53.0 Å². The van der Waals surface area contributed by atoms with E-state index in [2.05, 4.69) is 15.4 Å². The minimum Gasteiger partial charge on any atom is -0.472 e. The van der Waals surface area contributed by atoms with Crippen LogP contribution >= 0.6 is 0 Å². The van der Waals surface area contributed by atoms with Gasteiger partial charge in [-0.2, -0.15) is 9.78 Å². The maximum atomic E-state index is 13.6. The molecule has 0 bridgehead atoms. The predicted octanol–water partition coefficient (Wildman–Crippen LogP) is 2.90. The molecule has 0 aromatic carbocycles. The molecule has 2 aliphatic carbocycles. The summed E-state index contributed by atoms with van der Waals surface area (Å²) in [5, 5.41) is 25.3. The van der Waals surface area contributed by atoms with Crippen LogP contribution in [0.3, 0.4) is 0 Å². The number of pyridine rings is 1. The fraction of sp³-hybridized carbons (Fsp3) is 0.304. The molecule has 0 saturated heterocycles. The van der Waals surface area contributed by atoms with Crippen molar-refractivity contribution in [2.75, 3.05) is 13.7 Å². The van der Waals surface area contributed by atoms with Gasteiger partial charge in [0.2, 0.25) is 5.88 Å². The summed E-state index contributed by atoms with van der Waals surface area (Å²) in [5.41, 5.74) is 2.55. The fourth-order valence-corrected chi connectivity index (χ4v) is 3.76. The average Bonchev–Trinajstić information content (AvgIpc) is 2.80. The minimum atomic E-state index is -2.65.